The molecule has 0 heterocycles. The summed E-state index contributed by atoms with van der Waals surface area (Å²) >= 11 is 0. The molecular weight excluding hydrogens is 434 g/mol. The highest BCUT2D eigenvalue weighted by Gasteiger charge is 2.30. The molecule has 1 amide bonds. The van der Waals surface area contributed by atoms with Gasteiger partial charge in [0.15, 0.2) is 0 Å². The standard InChI is InChI=1S/C23H33NO7S/c1-5-29-21(25)15-20(31-32(27,28)16-17-9-7-6-8-10-17)18-11-13-19(14-12-18)24-22(26)30-23(2,3)4/h6-10,15,18-19H,5,11-14,16H2,1-4H3,(H,24,26)/b20-15-. The summed E-state index contributed by atoms with van der Waals surface area (Å²) in [6, 6.07) is 8.60. The summed E-state index contributed by atoms with van der Waals surface area (Å²) in [4.78, 5) is 24.0. The van der Waals surface area contributed by atoms with Crippen LogP contribution < -0.4 is 5.32 Å². The summed E-state index contributed by atoms with van der Waals surface area (Å²) < 4.78 is 40.9. The van der Waals surface area contributed by atoms with Crippen molar-refractivity contribution in [2.24, 2.45) is 5.92 Å². The highest BCUT2D eigenvalue weighted by molar-refractivity contribution is 7.86. The lowest BCUT2D eigenvalue weighted by Gasteiger charge is -2.30. The number of rotatable bonds is 8. The molecule has 9 heteroatoms. The smallest absolute Gasteiger partial charge is 0.407 e. The first kappa shape index (κ1) is 25.7. The third-order valence-corrected chi connectivity index (χ3v) is 5.94. The van der Waals surface area contributed by atoms with E-state index in [-0.39, 0.29) is 30.1 Å². The van der Waals surface area contributed by atoms with Crippen molar-refractivity contribution >= 4 is 22.2 Å². The van der Waals surface area contributed by atoms with Gasteiger partial charge in [-0.25, -0.2) is 9.59 Å². The predicted octanol–water partition coefficient (Wildman–Crippen LogP) is 4.06. The van der Waals surface area contributed by atoms with Gasteiger partial charge < -0.3 is 19.0 Å². The van der Waals surface area contributed by atoms with E-state index in [9.17, 15) is 18.0 Å². The molecular formula is C23H33NO7S. The summed E-state index contributed by atoms with van der Waals surface area (Å²) in [7, 11) is -3.96. The summed E-state index contributed by atoms with van der Waals surface area (Å²) in [5, 5.41) is 2.85. The Balaban J connectivity index is 2.05. The minimum absolute atomic E-state index is 0.0788. The van der Waals surface area contributed by atoms with Crippen LogP contribution in [0.3, 0.4) is 0 Å². The van der Waals surface area contributed by atoms with Crippen LogP contribution in [0.15, 0.2) is 42.2 Å². The van der Waals surface area contributed by atoms with E-state index in [2.05, 4.69) is 5.32 Å². The van der Waals surface area contributed by atoms with Crippen molar-refractivity contribution in [3.63, 3.8) is 0 Å². The fraction of sp³-hybridized carbons (Fsp3) is 0.565. The van der Waals surface area contributed by atoms with Gasteiger partial charge in [-0.05, 0) is 58.9 Å². The van der Waals surface area contributed by atoms with Gasteiger partial charge in [-0.1, -0.05) is 30.3 Å². The summed E-state index contributed by atoms with van der Waals surface area (Å²) in [6.07, 6.45) is 2.94. The van der Waals surface area contributed by atoms with E-state index in [4.69, 9.17) is 13.7 Å². The zero-order chi connectivity index (χ0) is 23.8. The lowest BCUT2D eigenvalue weighted by Crippen LogP contribution is -2.41. The van der Waals surface area contributed by atoms with Crippen molar-refractivity contribution in [2.45, 2.75) is 70.8 Å². The molecule has 178 valence electrons. The second-order valence-electron chi connectivity index (χ2n) is 8.76. The largest absolute Gasteiger partial charge is 0.463 e. The molecule has 1 aromatic carbocycles. The summed E-state index contributed by atoms with van der Waals surface area (Å²) in [5.74, 6) is -1.15. The van der Waals surface area contributed by atoms with Crippen molar-refractivity contribution in [1.29, 1.82) is 0 Å². The van der Waals surface area contributed by atoms with Crippen molar-refractivity contribution in [3.8, 4) is 0 Å². The van der Waals surface area contributed by atoms with Crippen LogP contribution in [-0.2, 0) is 34.3 Å². The Hall–Kier alpha value is -2.55. The van der Waals surface area contributed by atoms with Crippen LogP contribution in [0.2, 0.25) is 0 Å². The van der Waals surface area contributed by atoms with Crippen molar-refractivity contribution in [2.75, 3.05) is 6.61 Å². The van der Waals surface area contributed by atoms with E-state index in [1.807, 2.05) is 0 Å². The molecule has 0 saturated heterocycles. The molecule has 0 aliphatic heterocycles. The molecule has 2 rings (SSSR count). The maximum Gasteiger partial charge on any atom is 0.407 e. The molecule has 1 aliphatic carbocycles. The number of esters is 1. The third-order valence-electron chi connectivity index (χ3n) is 4.81. The fourth-order valence-corrected chi connectivity index (χ4v) is 4.60. The molecule has 1 aliphatic rings. The Bertz CT molecular complexity index is 896. The second-order valence-corrected chi connectivity index (χ2v) is 10.3. The Morgan fingerprint density at radius 3 is 2.28 bits per heavy atom. The average molecular weight is 468 g/mol. The number of benzene rings is 1. The predicted molar refractivity (Wildman–Crippen MR) is 120 cm³/mol. The van der Waals surface area contributed by atoms with Gasteiger partial charge in [0, 0.05) is 12.0 Å². The number of nitrogens with one attached hydrogen (secondary N) is 1. The molecule has 0 unspecified atom stereocenters. The molecule has 0 radical (unpaired) electrons. The molecule has 1 N–H and O–H groups in total. The second kappa shape index (κ2) is 11.4. The first-order valence-corrected chi connectivity index (χ1v) is 12.4. The highest BCUT2D eigenvalue weighted by Crippen LogP contribution is 2.32. The first-order chi connectivity index (χ1) is 15.0. The number of carbonyl (C=O) groups is 2. The highest BCUT2D eigenvalue weighted by atomic mass is 32.2. The Labute approximate surface area is 190 Å². The van der Waals surface area contributed by atoms with Gasteiger partial charge in [-0.15, -0.1) is 0 Å². The van der Waals surface area contributed by atoms with Crippen molar-refractivity contribution < 1.29 is 31.7 Å². The molecule has 0 atom stereocenters. The molecule has 1 aromatic rings. The summed E-state index contributed by atoms with van der Waals surface area (Å²) in [6.45, 7) is 7.23. The molecule has 0 aromatic heterocycles. The van der Waals surface area contributed by atoms with E-state index in [1.165, 1.54) is 0 Å². The maximum atomic E-state index is 12.6. The Morgan fingerprint density at radius 1 is 1.09 bits per heavy atom. The zero-order valence-electron chi connectivity index (χ0n) is 19.1. The van der Waals surface area contributed by atoms with E-state index < -0.39 is 27.8 Å². The van der Waals surface area contributed by atoms with Gasteiger partial charge in [-0.3, -0.25) is 0 Å². The van der Waals surface area contributed by atoms with Gasteiger partial charge in [0.2, 0.25) is 0 Å². The van der Waals surface area contributed by atoms with E-state index in [0.717, 1.165) is 6.08 Å². The van der Waals surface area contributed by atoms with Crippen molar-refractivity contribution in [1.82, 2.24) is 5.32 Å². The van der Waals surface area contributed by atoms with Crippen LogP contribution in [0.4, 0.5) is 4.79 Å². The maximum absolute atomic E-state index is 12.6. The lowest BCUT2D eigenvalue weighted by atomic mass is 9.84. The van der Waals surface area contributed by atoms with Crippen molar-refractivity contribution in [3.05, 3.63) is 47.7 Å². The molecule has 0 bridgehead atoms. The normalized spacial score (nSPS) is 19.7. The number of hydrogen-bond donors (Lipinski definition) is 1. The molecule has 8 nitrogen and oxygen atoms in total. The van der Waals surface area contributed by atoms with E-state index in [0.29, 0.717) is 31.2 Å². The lowest BCUT2D eigenvalue weighted by molar-refractivity contribution is -0.137. The molecule has 1 fully saturated rings. The minimum Gasteiger partial charge on any atom is -0.463 e. The van der Waals surface area contributed by atoms with Crippen LogP contribution in [-0.4, -0.2) is 38.7 Å². The number of amides is 1. The quantitative estimate of drug-likeness (QED) is 0.266. The molecule has 32 heavy (non-hydrogen) atoms. The molecule has 1 saturated carbocycles. The summed E-state index contributed by atoms with van der Waals surface area (Å²) in [5.41, 5.74) is 0.00544. The topological polar surface area (TPSA) is 108 Å². The number of carbonyl (C=O) groups excluding carboxylic acids is 2. The zero-order valence-corrected chi connectivity index (χ0v) is 19.9. The van der Waals surface area contributed by atoms with Crippen LogP contribution in [0, 0.1) is 5.92 Å². The Morgan fingerprint density at radius 2 is 1.72 bits per heavy atom. The van der Waals surface area contributed by atoms with Crippen LogP contribution in [0.1, 0.15) is 58.9 Å². The van der Waals surface area contributed by atoms with E-state index in [1.54, 1.807) is 58.0 Å². The van der Waals surface area contributed by atoms with Gasteiger partial charge in [-0.2, -0.15) is 8.42 Å². The van der Waals surface area contributed by atoms with Crippen LogP contribution >= 0.6 is 0 Å². The molecule has 0 spiro atoms. The van der Waals surface area contributed by atoms with Gasteiger partial charge >= 0.3 is 22.2 Å². The van der Waals surface area contributed by atoms with Crippen LogP contribution in [0.25, 0.3) is 0 Å². The number of hydrogen-bond acceptors (Lipinski definition) is 7. The van der Waals surface area contributed by atoms with Gasteiger partial charge in [0.1, 0.15) is 17.1 Å². The monoisotopic (exact) mass is 467 g/mol. The SMILES string of the molecule is CCOC(=O)/C=C(\OS(=O)(=O)Cc1ccccc1)C1CCC(NC(=O)OC(C)(C)C)CC1. The van der Waals surface area contributed by atoms with Gasteiger partial charge in [0.05, 0.1) is 12.7 Å². The van der Waals surface area contributed by atoms with Crippen LogP contribution in [0.5, 0.6) is 0 Å². The van der Waals surface area contributed by atoms with Gasteiger partial charge in [0.25, 0.3) is 0 Å². The minimum atomic E-state index is -3.96. The number of allylic oxidation sites excluding steroid dienone is 1. The first-order valence-electron chi connectivity index (χ1n) is 10.8. The Kier molecular flexibility index (Phi) is 9.12. The number of alkyl carbamates (subject to hydrolysis) is 1. The fourth-order valence-electron chi connectivity index (χ4n) is 3.46. The van der Waals surface area contributed by atoms with E-state index >= 15 is 0 Å². The number of ether oxygens (including phenoxy) is 2. The third kappa shape index (κ3) is 9.30. The average Bonchev–Trinajstić information content (AvgIpc) is 2.67.